The highest BCUT2D eigenvalue weighted by molar-refractivity contribution is 6.34. The van der Waals surface area contributed by atoms with E-state index in [0.717, 1.165) is 16.7 Å². The van der Waals surface area contributed by atoms with Crippen LogP contribution in [0.4, 0.5) is 0 Å². The molecular weight excluding hydrogens is 434 g/mol. The second-order valence-electron chi connectivity index (χ2n) is 8.84. The van der Waals surface area contributed by atoms with E-state index in [1.165, 1.54) is 0 Å². The van der Waals surface area contributed by atoms with Gasteiger partial charge in [0.1, 0.15) is 5.54 Å². The average molecular weight is 454 g/mol. The number of hydrogen-bond acceptors (Lipinski definition) is 5. The molecule has 0 saturated carbocycles. The minimum Gasteiger partial charge on any atom is -0.291 e. The standard InChI is InChI=1S/C30H19N3O2/c31-19-20-15-17-21(18-16-20)26-29(22-9-3-1-4-10-22,23-11-5-2-6-12-23)32-33-30(26)27(34)24-13-7-8-14-25(24)28(30)35/h1-18,26H. The fourth-order valence-electron chi connectivity index (χ4n) is 5.55. The lowest BCUT2D eigenvalue weighted by molar-refractivity contribution is 0.0772. The molecule has 0 N–H and O–H groups in total. The summed E-state index contributed by atoms with van der Waals surface area (Å²) in [5, 5.41) is 18.8. The van der Waals surface area contributed by atoms with Crippen molar-refractivity contribution in [1.82, 2.24) is 0 Å². The number of benzene rings is 4. The van der Waals surface area contributed by atoms with Crippen LogP contribution in [0.3, 0.4) is 0 Å². The normalized spacial score (nSPS) is 19.0. The molecule has 0 radical (unpaired) electrons. The molecule has 0 aromatic heterocycles. The first-order chi connectivity index (χ1) is 17.1. The van der Waals surface area contributed by atoms with Crippen molar-refractivity contribution in [2.24, 2.45) is 10.2 Å². The maximum Gasteiger partial charge on any atom is 0.216 e. The van der Waals surface area contributed by atoms with Crippen LogP contribution in [-0.2, 0) is 5.54 Å². The second kappa shape index (κ2) is 7.68. The van der Waals surface area contributed by atoms with Gasteiger partial charge in [0.15, 0.2) is 0 Å². The Hall–Kier alpha value is -4.69. The first-order valence-electron chi connectivity index (χ1n) is 11.4. The lowest BCUT2D eigenvalue weighted by atomic mass is 9.62. The lowest BCUT2D eigenvalue weighted by Crippen LogP contribution is -2.49. The van der Waals surface area contributed by atoms with Crippen molar-refractivity contribution in [2.45, 2.75) is 17.0 Å². The number of hydrogen-bond donors (Lipinski definition) is 0. The molecule has 1 heterocycles. The van der Waals surface area contributed by atoms with Crippen molar-refractivity contribution < 1.29 is 9.59 Å². The quantitative estimate of drug-likeness (QED) is 0.364. The third-order valence-corrected chi connectivity index (χ3v) is 7.11. The molecule has 0 amide bonds. The predicted molar refractivity (Wildman–Crippen MR) is 130 cm³/mol. The van der Waals surface area contributed by atoms with Gasteiger partial charge in [-0.3, -0.25) is 9.59 Å². The van der Waals surface area contributed by atoms with Gasteiger partial charge in [-0.2, -0.15) is 15.5 Å². The molecule has 35 heavy (non-hydrogen) atoms. The molecule has 1 aliphatic heterocycles. The predicted octanol–water partition coefficient (Wildman–Crippen LogP) is 5.87. The summed E-state index contributed by atoms with van der Waals surface area (Å²) in [6.45, 7) is 0. The van der Waals surface area contributed by atoms with Gasteiger partial charge in [-0.15, -0.1) is 0 Å². The Kier molecular flexibility index (Phi) is 4.58. The smallest absolute Gasteiger partial charge is 0.216 e. The van der Waals surface area contributed by atoms with Crippen molar-refractivity contribution in [3.05, 3.63) is 143 Å². The van der Waals surface area contributed by atoms with Gasteiger partial charge in [0.25, 0.3) is 0 Å². The van der Waals surface area contributed by atoms with Crippen LogP contribution in [0.25, 0.3) is 0 Å². The van der Waals surface area contributed by atoms with E-state index in [-0.39, 0.29) is 11.6 Å². The summed E-state index contributed by atoms with van der Waals surface area (Å²) in [5.41, 5.74) is 0.755. The number of rotatable bonds is 3. The van der Waals surface area contributed by atoms with Gasteiger partial charge in [-0.25, -0.2) is 0 Å². The van der Waals surface area contributed by atoms with Crippen LogP contribution < -0.4 is 0 Å². The topological polar surface area (TPSA) is 82.7 Å². The van der Waals surface area contributed by atoms with E-state index in [4.69, 9.17) is 5.11 Å². The molecule has 5 heteroatoms. The molecule has 1 unspecified atom stereocenters. The summed E-state index contributed by atoms with van der Waals surface area (Å²) in [7, 11) is 0. The number of fused-ring (bicyclic) bond motifs is 1. The number of nitrogens with zero attached hydrogens (tertiary/aromatic N) is 3. The summed E-state index contributed by atoms with van der Waals surface area (Å²) in [4.78, 5) is 28.1. The molecule has 166 valence electrons. The highest BCUT2D eigenvalue weighted by atomic mass is 16.2. The Morgan fingerprint density at radius 3 is 1.54 bits per heavy atom. The Bertz CT molecular complexity index is 1460. The van der Waals surface area contributed by atoms with E-state index in [2.05, 4.69) is 11.2 Å². The number of carbonyl (C=O) groups is 2. The minimum atomic E-state index is -1.73. The molecule has 6 rings (SSSR count). The van der Waals surface area contributed by atoms with Gasteiger partial charge in [-0.05, 0) is 28.8 Å². The third-order valence-electron chi connectivity index (χ3n) is 7.11. The van der Waals surface area contributed by atoms with Crippen LogP contribution in [0, 0.1) is 11.3 Å². The number of carbonyl (C=O) groups excluding carboxylic acids is 2. The largest absolute Gasteiger partial charge is 0.291 e. The molecule has 2 aliphatic rings. The van der Waals surface area contributed by atoms with Crippen LogP contribution >= 0.6 is 0 Å². The van der Waals surface area contributed by atoms with Crippen molar-refractivity contribution in [3.8, 4) is 6.07 Å². The summed E-state index contributed by atoms with van der Waals surface area (Å²) in [6, 6.07) is 35.4. The van der Waals surface area contributed by atoms with Gasteiger partial charge in [-0.1, -0.05) is 97.1 Å². The molecule has 0 bridgehead atoms. The molecule has 0 saturated heterocycles. The molecule has 4 aromatic carbocycles. The average Bonchev–Trinajstić information content (AvgIpc) is 3.40. The van der Waals surface area contributed by atoms with E-state index < -0.39 is 17.0 Å². The molecule has 4 aromatic rings. The molecule has 0 fully saturated rings. The highest BCUT2D eigenvalue weighted by Crippen LogP contribution is 2.60. The lowest BCUT2D eigenvalue weighted by Gasteiger charge is -2.38. The first-order valence-corrected chi connectivity index (χ1v) is 11.4. The zero-order valence-electron chi connectivity index (χ0n) is 18.6. The highest BCUT2D eigenvalue weighted by Gasteiger charge is 2.69. The Morgan fingerprint density at radius 1 is 0.600 bits per heavy atom. The van der Waals surface area contributed by atoms with Gasteiger partial charge in [0.05, 0.1) is 17.6 Å². The van der Waals surface area contributed by atoms with Crippen LogP contribution in [0.2, 0.25) is 0 Å². The SMILES string of the molecule is N#Cc1ccc(C2C3(N=NC2(c2ccccc2)c2ccccc2)C(=O)c2ccccc2C3=O)cc1. The number of nitriles is 1. The van der Waals surface area contributed by atoms with Crippen molar-refractivity contribution in [2.75, 3.05) is 0 Å². The van der Waals surface area contributed by atoms with Crippen molar-refractivity contribution in [1.29, 1.82) is 5.26 Å². The molecule has 1 aliphatic carbocycles. The molecule has 1 atom stereocenters. The minimum absolute atomic E-state index is 0.343. The Balaban J connectivity index is 1.69. The van der Waals surface area contributed by atoms with Crippen LogP contribution in [0.1, 0.15) is 48.9 Å². The Labute approximate surface area is 202 Å². The molecular formula is C30H19N3O2. The number of ketones is 2. The van der Waals surface area contributed by atoms with E-state index in [1.54, 1.807) is 36.4 Å². The van der Waals surface area contributed by atoms with Crippen molar-refractivity contribution >= 4 is 11.6 Å². The second-order valence-corrected chi connectivity index (χ2v) is 8.84. The summed E-state index contributed by atoms with van der Waals surface area (Å²) >= 11 is 0. The van der Waals surface area contributed by atoms with Crippen molar-refractivity contribution in [3.63, 3.8) is 0 Å². The summed E-state index contributed by atoms with van der Waals surface area (Å²) in [6.07, 6.45) is 0. The van der Waals surface area contributed by atoms with Gasteiger partial charge in [0, 0.05) is 11.1 Å². The number of Topliss-reactive ketones (excluding diaryl/α,β-unsaturated/α-hetero) is 2. The maximum absolute atomic E-state index is 14.1. The fourth-order valence-corrected chi connectivity index (χ4v) is 5.55. The maximum atomic E-state index is 14.1. The van der Waals surface area contributed by atoms with E-state index in [1.807, 2.05) is 72.8 Å². The third kappa shape index (κ3) is 2.74. The van der Waals surface area contributed by atoms with Gasteiger partial charge < -0.3 is 0 Å². The van der Waals surface area contributed by atoms with Crippen LogP contribution in [-0.4, -0.2) is 17.1 Å². The number of azo groups is 1. The zero-order chi connectivity index (χ0) is 24.0. The molecule has 5 nitrogen and oxygen atoms in total. The summed E-state index contributed by atoms with van der Waals surface area (Å²) < 4.78 is 0. The van der Waals surface area contributed by atoms with Gasteiger partial charge >= 0.3 is 0 Å². The molecule has 1 spiro atoms. The first kappa shape index (κ1) is 20.9. The Morgan fingerprint density at radius 2 is 1.06 bits per heavy atom. The van der Waals surface area contributed by atoms with E-state index in [0.29, 0.717) is 16.7 Å². The summed E-state index contributed by atoms with van der Waals surface area (Å²) in [5.74, 6) is -1.44. The monoisotopic (exact) mass is 453 g/mol. The fraction of sp³-hybridized carbons (Fsp3) is 0.100. The van der Waals surface area contributed by atoms with Crippen LogP contribution in [0.15, 0.2) is 119 Å². The van der Waals surface area contributed by atoms with Crippen LogP contribution in [0.5, 0.6) is 0 Å². The van der Waals surface area contributed by atoms with E-state index in [9.17, 15) is 14.9 Å². The van der Waals surface area contributed by atoms with E-state index >= 15 is 0 Å². The zero-order valence-corrected chi connectivity index (χ0v) is 18.6. The van der Waals surface area contributed by atoms with Gasteiger partial charge in [0.2, 0.25) is 17.1 Å².